The van der Waals surface area contributed by atoms with Crippen molar-refractivity contribution >= 4 is 28.3 Å². The van der Waals surface area contributed by atoms with E-state index in [0.29, 0.717) is 0 Å². The van der Waals surface area contributed by atoms with Crippen LogP contribution in [0, 0.1) is 0 Å². The van der Waals surface area contributed by atoms with Crippen LogP contribution in [0.2, 0.25) is 0 Å². The van der Waals surface area contributed by atoms with Gasteiger partial charge in [-0.3, -0.25) is 4.57 Å². The Morgan fingerprint density at radius 2 is 2.00 bits per heavy atom. The highest BCUT2D eigenvalue weighted by molar-refractivity contribution is 8.10. The van der Waals surface area contributed by atoms with Gasteiger partial charge in [-0.15, -0.1) is 0 Å². The van der Waals surface area contributed by atoms with E-state index in [0.717, 1.165) is 5.57 Å². The second-order valence-corrected chi connectivity index (χ2v) is 6.69. The molecule has 0 spiro atoms. The van der Waals surface area contributed by atoms with Gasteiger partial charge in [0.05, 0.1) is 0 Å². The Balaban J connectivity index is 4.15. The molecule has 0 saturated heterocycles. The van der Waals surface area contributed by atoms with E-state index in [1.807, 2.05) is 19.9 Å². The van der Waals surface area contributed by atoms with Gasteiger partial charge in [-0.05, 0) is 36.3 Å². The second kappa shape index (κ2) is 4.23. The van der Waals surface area contributed by atoms with Gasteiger partial charge >= 0.3 is 0 Å². The van der Waals surface area contributed by atoms with Crippen LogP contribution in [0.1, 0.15) is 13.8 Å². The molecule has 0 rings (SSSR count). The van der Waals surface area contributed by atoms with Gasteiger partial charge in [0.25, 0.3) is 5.85 Å². The minimum Gasteiger partial charge on any atom is -0.285 e. The first-order valence-corrected chi connectivity index (χ1v) is 6.35. The summed E-state index contributed by atoms with van der Waals surface area (Å²) in [5.74, 6) is -1.70. The largest absolute Gasteiger partial charge is 0.285 e. The molecule has 0 aromatic heterocycles. The molecule has 0 saturated carbocycles. The molecule has 0 N–H and O–H groups in total. The molecule has 0 atom stereocenters. The zero-order valence-electron chi connectivity index (χ0n) is 5.84. The molecule has 0 aromatic rings. The molecular weight excluding hydrogens is 190 g/mol. The van der Waals surface area contributed by atoms with Gasteiger partial charge < -0.3 is 0 Å². The number of allylic oxidation sites excluding steroid dienone is 3. The van der Waals surface area contributed by atoms with Crippen LogP contribution in [0.15, 0.2) is 23.5 Å². The molecule has 0 fully saturated rings. The topological polar surface area (TPSA) is 17.1 Å². The van der Waals surface area contributed by atoms with Crippen LogP contribution < -0.4 is 0 Å². The summed E-state index contributed by atoms with van der Waals surface area (Å²) in [6.07, 6.45) is 3.51. The van der Waals surface area contributed by atoms with E-state index in [-0.39, 0.29) is 0 Å². The first-order chi connectivity index (χ1) is 4.45. The lowest BCUT2D eigenvalue weighted by Gasteiger charge is -1.90. The smallest absolute Gasteiger partial charge is 0.274 e. The fraction of sp³-hybridized carbons (Fsp3) is 0.333. The Morgan fingerprint density at radius 3 is 2.30 bits per heavy atom. The van der Waals surface area contributed by atoms with Crippen molar-refractivity contribution in [2.24, 2.45) is 0 Å². The number of halogens is 2. The van der Waals surface area contributed by atoms with Gasteiger partial charge in [-0.1, -0.05) is 17.7 Å². The average molecular weight is 199 g/mol. The van der Waals surface area contributed by atoms with Crippen molar-refractivity contribution in [3.63, 3.8) is 0 Å². The van der Waals surface area contributed by atoms with Crippen molar-refractivity contribution in [3.05, 3.63) is 23.5 Å². The third-order valence-corrected chi connectivity index (χ3v) is 2.14. The SMILES string of the molecule is C/C=C(C)\C=C/P(=O)(Cl)Cl. The molecule has 4 heteroatoms. The maximum Gasteiger partial charge on any atom is 0.274 e. The summed E-state index contributed by atoms with van der Waals surface area (Å²) in [5.41, 5.74) is 0.988. The fourth-order valence-corrected chi connectivity index (χ4v) is 1.05. The molecule has 58 valence electrons. The highest BCUT2D eigenvalue weighted by Gasteiger charge is 2.05. The lowest BCUT2D eigenvalue weighted by molar-refractivity contribution is 0.597. The average Bonchev–Trinajstić information content (AvgIpc) is 1.81. The van der Waals surface area contributed by atoms with Crippen LogP contribution in [-0.4, -0.2) is 0 Å². The Kier molecular flexibility index (Phi) is 4.35. The van der Waals surface area contributed by atoms with E-state index in [4.69, 9.17) is 22.5 Å². The summed E-state index contributed by atoms with van der Waals surface area (Å²) in [7, 11) is 0. The molecular formula is C6H9Cl2OP. The van der Waals surface area contributed by atoms with E-state index >= 15 is 0 Å². The summed E-state index contributed by atoms with van der Waals surface area (Å²) < 4.78 is 10.7. The van der Waals surface area contributed by atoms with Gasteiger partial charge in [0.1, 0.15) is 0 Å². The lowest BCUT2D eigenvalue weighted by atomic mass is 10.3. The van der Waals surface area contributed by atoms with E-state index in [1.54, 1.807) is 6.08 Å². The predicted molar refractivity (Wildman–Crippen MR) is 47.9 cm³/mol. The van der Waals surface area contributed by atoms with E-state index in [9.17, 15) is 4.57 Å². The van der Waals surface area contributed by atoms with Crippen LogP contribution in [0.5, 0.6) is 0 Å². The summed E-state index contributed by atoms with van der Waals surface area (Å²) in [6, 6.07) is 0. The van der Waals surface area contributed by atoms with Crippen molar-refractivity contribution in [1.82, 2.24) is 0 Å². The monoisotopic (exact) mass is 198 g/mol. The second-order valence-electron chi connectivity index (χ2n) is 1.85. The van der Waals surface area contributed by atoms with Gasteiger partial charge in [0.15, 0.2) is 0 Å². The van der Waals surface area contributed by atoms with Crippen LogP contribution in [-0.2, 0) is 4.57 Å². The Morgan fingerprint density at radius 1 is 1.50 bits per heavy atom. The highest BCUT2D eigenvalue weighted by Crippen LogP contribution is 2.58. The summed E-state index contributed by atoms with van der Waals surface area (Å²) >= 11 is 10.5. The van der Waals surface area contributed by atoms with Crippen LogP contribution >= 0.6 is 28.3 Å². The molecule has 0 aliphatic heterocycles. The Labute approximate surface area is 70.7 Å². The molecule has 0 heterocycles. The van der Waals surface area contributed by atoms with Crippen LogP contribution in [0.25, 0.3) is 0 Å². The molecule has 10 heavy (non-hydrogen) atoms. The van der Waals surface area contributed by atoms with Crippen molar-refractivity contribution in [2.45, 2.75) is 13.8 Å². The van der Waals surface area contributed by atoms with Gasteiger partial charge in [-0.25, -0.2) is 0 Å². The first-order valence-electron chi connectivity index (χ1n) is 2.77. The minimum absolute atomic E-state index is 0.988. The molecule has 0 radical (unpaired) electrons. The van der Waals surface area contributed by atoms with Crippen LogP contribution in [0.3, 0.4) is 0 Å². The summed E-state index contributed by atoms with van der Waals surface area (Å²) in [5, 5.41) is 0. The van der Waals surface area contributed by atoms with Crippen molar-refractivity contribution in [2.75, 3.05) is 0 Å². The molecule has 1 nitrogen and oxygen atoms in total. The third kappa shape index (κ3) is 6.41. The molecule has 0 amide bonds. The quantitative estimate of drug-likeness (QED) is 0.482. The lowest BCUT2D eigenvalue weighted by Crippen LogP contribution is -1.62. The summed E-state index contributed by atoms with van der Waals surface area (Å²) in [6.45, 7) is 3.76. The Hall–Kier alpha value is 0.290. The van der Waals surface area contributed by atoms with E-state index in [1.165, 1.54) is 5.82 Å². The highest BCUT2D eigenvalue weighted by atomic mass is 35.9. The Bertz CT molecular complexity index is 202. The zero-order valence-corrected chi connectivity index (χ0v) is 8.25. The molecule has 0 aromatic carbocycles. The molecule has 0 aliphatic carbocycles. The first kappa shape index (κ1) is 10.3. The minimum atomic E-state index is -3.01. The van der Waals surface area contributed by atoms with Crippen molar-refractivity contribution in [1.29, 1.82) is 0 Å². The zero-order chi connectivity index (χ0) is 8.20. The third-order valence-electron chi connectivity index (χ3n) is 0.966. The maximum atomic E-state index is 10.7. The standard InChI is InChI=1S/C6H9Cl2OP/c1-3-6(2)4-5-10(7,8)9/h3-5H,1-2H3/b5-4-,6-3-. The fourth-order valence-electron chi connectivity index (χ4n) is 0.301. The van der Waals surface area contributed by atoms with Crippen molar-refractivity contribution < 1.29 is 4.57 Å². The van der Waals surface area contributed by atoms with Gasteiger partial charge in [-0.2, -0.15) is 0 Å². The van der Waals surface area contributed by atoms with Gasteiger partial charge in [0.2, 0.25) is 0 Å². The number of hydrogen-bond acceptors (Lipinski definition) is 1. The maximum absolute atomic E-state index is 10.7. The molecule has 0 bridgehead atoms. The summed E-state index contributed by atoms with van der Waals surface area (Å²) in [4.78, 5) is 0. The van der Waals surface area contributed by atoms with E-state index < -0.39 is 5.85 Å². The van der Waals surface area contributed by atoms with Crippen molar-refractivity contribution in [3.8, 4) is 0 Å². The predicted octanol–water partition coefficient (Wildman–Crippen LogP) is 4.14. The van der Waals surface area contributed by atoms with Crippen LogP contribution in [0.4, 0.5) is 0 Å². The number of rotatable bonds is 2. The molecule has 0 unspecified atom stereocenters. The van der Waals surface area contributed by atoms with Gasteiger partial charge in [0, 0.05) is 5.82 Å². The number of hydrogen-bond donors (Lipinski definition) is 0. The van der Waals surface area contributed by atoms with E-state index in [2.05, 4.69) is 0 Å². The normalized spacial score (nSPS) is 14.6. The molecule has 0 aliphatic rings.